The minimum atomic E-state index is -1.21. The molecule has 8 aliphatic rings. The molecule has 2 unspecified atom stereocenters. The summed E-state index contributed by atoms with van der Waals surface area (Å²) in [6.07, 6.45) is 27.8. The van der Waals surface area contributed by atoms with Gasteiger partial charge in [-0.25, -0.2) is 22.5 Å². The molecule has 28 heteroatoms. The van der Waals surface area contributed by atoms with Crippen molar-refractivity contribution in [1.82, 2.24) is 28.9 Å². The number of fused-ring (bicyclic) bond motifs is 4. The molecule has 4 saturated heterocycles. The van der Waals surface area contributed by atoms with E-state index in [4.69, 9.17) is 40.7 Å². The third-order valence-corrected chi connectivity index (χ3v) is 33.1. The van der Waals surface area contributed by atoms with Crippen LogP contribution in [0.25, 0.3) is 9.69 Å². The van der Waals surface area contributed by atoms with Crippen LogP contribution >= 0.6 is 17.1 Å². The van der Waals surface area contributed by atoms with E-state index in [2.05, 4.69) is 122 Å². The molecule has 0 spiro atoms. The minimum Gasteiger partial charge on any atom is -0.461 e. The molecule has 4 fully saturated rings. The zero-order valence-electron chi connectivity index (χ0n) is 86.4. The van der Waals surface area contributed by atoms with E-state index in [9.17, 15) is 57.5 Å². The monoisotopic (exact) mass is 1970 g/mol. The van der Waals surface area contributed by atoms with E-state index in [1.54, 1.807) is 48.5 Å². The second kappa shape index (κ2) is 60.0. The Hall–Kier alpha value is -8.04. The maximum Gasteiger partial charge on any atom is 0.306 e. The number of ether oxygens (including phenoxy) is 2. The van der Waals surface area contributed by atoms with Gasteiger partial charge in [0.15, 0.2) is 46.3 Å². The predicted octanol–water partition coefficient (Wildman–Crippen LogP) is 22.4. The average Bonchev–Trinajstić information content (AvgIpc) is 1.65. The van der Waals surface area contributed by atoms with E-state index in [0.717, 1.165) is 206 Å². The van der Waals surface area contributed by atoms with E-state index in [1.165, 1.54) is 13.8 Å². The van der Waals surface area contributed by atoms with Crippen LogP contribution in [0, 0.1) is 36.8 Å². The molecule has 26 nitrogen and oxygen atoms in total. The zero-order valence-corrected chi connectivity index (χ0v) is 88.2. The molecule has 0 saturated carbocycles. The molecule has 4 aromatic carbocycles. The van der Waals surface area contributed by atoms with Gasteiger partial charge >= 0.3 is 11.9 Å². The Morgan fingerprint density at radius 2 is 0.550 bits per heavy atom. The Kier molecular flexibility index (Phi) is 49.5. The Morgan fingerprint density at radius 1 is 0.336 bits per heavy atom. The highest BCUT2D eigenvalue weighted by Gasteiger charge is 2.45. The highest BCUT2D eigenvalue weighted by atomic mass is 31.2. The van der Waals surface area contributed by atoms with Gasteiger partial charge in [-0.2, -0.15) is 0 Å². The fourth-order valence-electron chi connectivity index (χ4n) is 21.5. The van der Waals surface area contributed by atoms with Gasteiger partial charge in [-0.1, -0.05) is 202 Å². The van der Waals surface area contributed by atoms with Gasteiger partial charge < -0.3 is 46.8 Å². The Bertz CT molecular complexity index is 4350. The number of carbonyl (C=O) groups excluding carboxylic acids is 12. The van der Waals surface area contributed by atoms with Crippen LogP contribution in [-0.2, 0) is 46.7 Å². The number of likely N-dealkylation sites (tertiary alicyclic amines) is 4. The van der Waals surface area contributed by atoms with Crippen molar-refractivity contribution in [2.45, 2.75) is 375 Å². The summed E-state index contributed by atoms with van der Waals surface area (Å²) in [4.78, 5) is 163. The molecule has 0 amide bonds. The topological polar surface area (TPSA) is 288 Å². The number of esters is 2. The first-order valence-corrected chi connectivity index (χ1v) is 55.1. The number of ketones is 10. The highest BCUT2D eigenvalue weighted by molar-refractivity contribution is 7.45. The largest absolute Gasteiger partial charge is 0.461 e. The van der Waals surface area contributed by atoms with Gasteiger partial charge in [-0.05, 0) is 185 Å². The van der Waals surface area contributed by atoms with Crippen molar-refractivity contribution in [3.8, 4) is 0 Å². The van der Waals surface area contributed by atoms with Crippen molar-refractivity contribution in [3.63, 3.8) is 0 Å². The molecule has 140 heavy (non-hydrogen) atoms. The Balaban J connectivity index is 0.000000209. The lowest BCUT2D eigenvalue weighted by Gasteiger charge is -2.36. The van der Waals surface area contributed by atoms with Crippen molar-refractivity contribution >= 4 is 86.8 Å². The normalized spacial score (nSPS) is 21.2. The number of rotatable bonds is 56. The summed E-state index contributed by atoms with van der Waals surface area (Å²) in [6.45, 7) is 52.2. The van der Waals surface area contributed by atoms with Gasteiger partial charge in [0, 0.05) is 145 Å². The van der Waals surface area contributed by atoms with Crippen LogP contribution in [0.5, 0.6) is 0 Å². The molecule has 0 bridgehead atoms. The molecular weight excluding hydrogens is 1810 g/mol. The lowest BCUT2D eigenvalue weighted by Crippen LogP contribution is -2.35. The van der Waals surface area contributed by atoms with Crippen molar-refractivity contribution in [2.24, 2.45) is 23.7 Å². The molecule has 0 aromatic heterocycles. The lowest BCUT2D eigenvalue weighted by atomic mass is 9.96. The standard InChI is InChI=1S/2C30H46N3O4P.2C26H35NO5/c2*1-7-24-20-25(37-38(36-19-17-31-6)33(22(2)3)23(4)5)21-32(24)18-13-9-8-10-16-28-29(34)26-14-11-12-15-27(26)30(28)35;2*1-3-19-16-20(32-24(29)14-13-18(2)28)17-27(19)15-9-5-4-6-12-23-25(30)21-10-7-8-11-22(21)26(23)31/h2*11-12,14-15,22-25,28H,7-10,13,16-21H2,1-5H3;2*7-8,10-11,19-20,23H,3-6,9,12-17H2,1-2H3/t24-,25+,38?;24-,25-,38?;19-,20+;19-,20-/m1111/s1. The summed E-state index contributed by atoms with van der Waals surface area (Å²) in [5, 5.41) is 0. The molecule has 4 aliphatic heterocycles. The van der Waals surface area contributed by atoms with E-state index in [1.807, 2.05) is 48.5 Å². The van der Waals surface area contributed by atoms with Gasteiger partial charge in [-0.15, -0.1) is 0 Å². The molecule has 4 aliphatic carbocycles. The molecule has 768 valence electrons. The summed E-state index contributed by atoms with van der Waals surface area (Å²) in [5.74, 6) is -2.52. The second-order valence-corrected chi connectivity index (χ2v) is 43.2. The number of carbonyl (C=O) groups is 12. The summed E-state index contributed by atoms with van der Waals surface area (Å²) in [6, 6.07) is 31.8. The third-order valence-electron chi connectivity index (χ3n) is 28.7. The summed E-state index contributed by atoms with van der Waals surface area (Å²) >= 11 is 0. The number of nitrogens with zero attached hydrogens (tertiary/aromatic N) is 8. The number of benzene rings is 4. The highest BCUT2D eigenvalue weighted by Crippen LogP contribution is 2.51. The van der Waals surface area contributed by atoms with Crippen LogP contribution in [-0.4, -0.2) is 250 Å². The first-order chi connectivity index (χ1) is 67.4. The molecule has 0 N–H and O–H groups in total. The van der Waals surface area contributed by atoms with E-state index in [0.29, 0.717) is 145 Å². The summed E-state index contributed by atoms with van der Waals surface area (Å²) in [5.41, 5.74) is 4.73. The Morgan fingerprint density at radius 3 is 0.757 bits per heavy atom. The molecule has 4 heterocycles. The van der Waals surface area contributed by atoms with E-state index >= 15 is 0 Å². The van der Waals surface area contributed by atoms with Gasteiger partial charge in [0.05, 0.1) is 48.7 Å². The van der Waals surface area contributed by atoms with Crippen molar-refractivity contribution in [3.05, 3.63) is 164 Å². The lowest BCUT2D eigenvalue weighted by molar-refractivity contribution is -0.150. The van der Waals surface area contributed by atoms with Crippen LogP contribution in [0.4, 0.5) is 0 Å². The van der Waals surface area contributed by atoms with Crippen LogP contribution in [0.15, 0.2) is 97.1 Å². The van der Waals surface area contributed by atoms with E-state index in [-0.39, 0.29) is 120 Å². The van der Waals surface area contributed by atoms with Crippen LogP contribution in [0.1, 0.15) is 385 Å². The number of Topliss-reactive ketones (excluding diaryl/α,β-unsaturated/α-hetero) is 10. The molecule has 4 aromatic rings. The zero-order chi connectivity index (χ0) is 101. The first kappa shape index (κ1) is 116. The van der Waals surface area contributed by atoms with Crippen LogP contribution in [0.3, 0.4) is 0 Å². The third kappa shape index (κ3) is 34.0. The Labute approximate surface area is 838 Å². The molecule has 12 rings (SSSR count). The minimum absolute atomic E-state index is 0.00558. The number of hydrogen-bond donors (Lipinski definition) is 0. The molecular formula is C112H162N8O18P2. The van der Waals surface area contributed by atoms with E-state index < -0.39 is 40.7 Å². The summed E-state index contributed by atoms with van der Waals surface area (Å²) < 4.78 is 41.2. The smallest absolute Gasteiger partial charge is 0.306 e. The number of unbranched alkanes of at least 4 members (excludes halogenated alkanes) is 12. The second-order valence-electron chi connectivity index (χ2n) is 40.4. The molecule has 10 atom stereocenters. The number of hydrogen-bond acceptors (Lipinski definition) is 24. The fraction of sp³-hybridized carbons (Fsp3) is 0.661. The van der Waals surface area contributed by atoms with Crippen molar-refractivity contribution < 1.29 is 85.1 Å². The van der Waals surface area contributed by atoms with Crippen LogP contribution in [0.2, 0.25) is 0 Å². The van der Waals surface area contributed by atoms with Gasteiger partial charge in [-0.3, -0.25) is 67.5 Å². The van der Waals surface area contributed by atoms with Crippen LogP contribution < -0.4 is 0 Å². The summed E-state index contributed by atoms with van der Waals surface area (Å²) in [7, 11) is -2.42. The van der Waals surface area contributed by atoms with Gasteiger partial charge in [0.2, 0.25) is 13.1 Å². The van der Waals surface area contributed by atoms with Crippen molar-refractivity contribution in [1.29, 1.82) is 0 Å². The SMILES string of the molecule is CC[C@@H]1C[C@@H](OC(=O)CCC(C)=O)CN1CCCCCCC1C(=O)c2ccccc2C1=O.CC[C@@H]1C[C@H](OC(=O)CCC(C)=O)CN1CCCCCCC1C(=O)c2ccccc2C1=O.[C-]#[N+]CCOP(O[C@@H]1C[C@@H](CC)N(CCCCCCC2C(=O)c3ccccc3C2=O)C1)N(C(C)C)C(C)C.[C-]#[N+]CCOP(O[C@H]1C[C@@H](CC)N(CCCCCCC2C(=O)c3ccccc3C2=O)C1)N(C(C)C)C(C)C. The van der Waals surface area contributed by atoms with Gasteiger partial charge in [0.1, 0.15) is 37.0 Å². The fourth-order valence-corrected chi connectivity index (χ4v) is 24.9. The van der Waals surface area contributed by atoms with Crippen molar-refractivity contribution in [2.75, 3.05) is 78.7 Å². The predicted molar refractivity (Wildman–Crippen MR) is 550 cm³/mol. The average molecular weight is 1970 g/mol. The van der Waals surface area contributed by atoms with Gasteiger partial charge in [0.25, 0.3) is 17.1 Å². The molecule has 0 radical (unpaired) electrons. The first-order valence-electron chi connectivity index (χ1n) is 52.8. The maximum atomic E-state index is 12.6. The maximum absolute atomic E-state index is 12.6. The quantitative estimate of drug-likeness (QED) is 0.0130.